The van der Waals surface area contributed by atoms with E-state index in [2.05, 4.69) is 15.6 Å². The van der Waals surface area contributed by atoms with E-state index in [1.807, 2.05) is 27.7 Å². The van der Waals surface area contributed by atoms with Gasteiger partial charge in [-0.15, -0.1) is 0 Å². The lowest BCUT2D eigenvalue weighted by Crippen LogP contribution is -2.40. The molecule has 0 saturated carbocycles. The van der Waals surface area contributed by atoms with E-state index < -0.39 is 10.8 Å². The van der Waals surface area contributed by atoms with Crippen molar-refractivity contribution >= 4 is 16.8 Å². The number of hydrogen-bond donors (Lipinski definition) is 2. The third-order valence-electron chi connectivity index (χ3n) is 2.94. The average molecular weight is 327 g/mol. The summed E-state index contributed by atoms with van der Waals surface area (Å²) in [6, 6.07) is 6.30. The zero-order valence-electron chi connectivity index (χ0n) is 13.8. The maximum absolute atomic E-state index is 12.9. The van der Waals surface area contributed by atoms with Crippen molar-refractivity contribution in [1.29, 1.82) is 0 Å². The number of nitrogens with one attached hydrogen (secondary N) is 2. The molecule has 1 unspecified atom stereocenters. The Hall–Kier alpha value is -1.43. The first kappa shape index (κ1) is 18.6. The molecule has 2 N–H and O–H groups in total. The highest BCUT2D eigenvalue weighted by atomic mass is 32.2. The Balaban J connectivity index is 2.52. The molecule has 1 rings (SSSR count). The van der Waals surface area contributed by atoms with Gasteiger partial charge in [-0.05, 0) is 45.4 Å². The van der Waals surface area contributed by atoms with E-state index in [9.17, 15) is 8.60 Å². The molecule has 1 atom stereocenters. The van der Waals surface area contributed by atoms with Gasteiger partial charge < -0.3 is 10.6 Å². The van der Waals surface area contributed by atoms with E-state index in [-0.39, 0.29) is 10.6 Å². The van der Waals surface area contributed by atoms with Gasteiger partial charge in [0.2, 0.25) is 0 Å². The molecule has 1 aromatic rings. The van der Waals surface area contributed by atoms with Crippen molar-refractivity contribution in [2.75, 3.05) is 18.8 Å². The minimum atomic E-state index is -0.887. The first-order valence-corrected chi connectivity index (χ1v) is 8.80. The second kappa shape index (κ2) is 8.88. The third kappa shape index (κ3) is 7.02. The molecule has 0 radical (unpaired) electrons. The maximum atomic E-state index is 12.9. The van der Waals surface area contributed by atoms with Gasteiger partial charge in [0.25, 0.3) is 0 Å². The highest BCUT2D eigenvalue weighted by Gasteiger charge is 2.18. The Bertz CT molecular complexity index is 509. The molecule has 0 aliphatic rings. The van der Waals surface area contributed by atoms with Crippen molar-refractivity contribution in [1.82, 2.24) is 10.6 Å². The van der Waals surface area contributed by atoms with Crippen LogP contribution in [0.3, 0.4) is 0 Å². The van der Waals surface area contributed by atoms with E-state index in [0.717, 1.165) is 12.1 Å². The lowest BCUT2D eigenvalue weighted by molar-refractivity contribution is 0.627. The van der Waals surface area contributed by atoms with Crippen LogP contribution in [0.15, 0.2) is 29.3 Å². The van der Waals surface area contributed by atoms with Crippen LogP contribution in [0.1, 0.15) is 33.3 Å². The van der Waals surface area contributed by atoms with Crippen molar-refractivity contribution in [3.63, 3.8) is 0 Å². The molecule has 6 heteroatoms. The van der Waals surface area contributed by atoms with Gasteiger partial charge in [0, 0.05) is 34.4 Å². The molecule has 0 spiro atoms. The van der Waals surface area contributed by atoms with Crippen molar-refractivity contribution in [2.24, 2.45) is 4.99 Å². The van der Waals surface area contributed by atoms with Crippen LogP contribution in [0.25, 0.3) is 0 Å². The molecule has 4 nitrogen and oxygen atoms in total. The number of benzene rings is 1. The minimum absolute atomic E-state index is 0.203. The van der Waals surface area contributed by atoms with Crippen molar-refractivity contribution in [2.45, 2.75) is 39.0 Å². The molecular weight excluding hydrogens is 301 g/mol. The van der Waals surface area contributed by atoms with Gasteiger partial charge in [0.05, 0.1) is 6.54 Å². The van der Waals surface area contributed by atoms with Crippen LogP contribution in [0.4, 0.5) is 4.39 Å². The summed E-state index contributed by atoms with van der Waals surface area (Å²) >= 11 is 0. The fraction of sp³-hybridized carbons (Fsp3) is 0.562. The highest BCUT2D eigenvalue weighted by Crippen LogP contribution is 2.10. The van der Waals surface area contributed by atoms with E-state index in [4.69, 9.17) is 0 Å². The Morgan fingerprint density at radius 1 is 1.23 bits per heavy atom. The van der Waals surface area contributed by atoms with Gasteiger partial charge in [-0.3, -0.25) is 4.21 Å². The fourth-order valence-electron chi connectivity index (χ4n) is 1.67. The van der Waals surface area contributed by atoms with Crippen LogP contribution in [-0.2, 0) is 17.3 Å². The first-order chi connectivity index (χ1) is 10.3. The van der Waals surface area contributed by atoms with Gasteiger partial charge >= 0.3 is 0 Å². The molecule has 0 bridgehead atoms. The number of hydrogen-bond acceptors (Lipinski definition) is 2. The molecule has 0 aliphatic heterocycles. The fourth-order valence-corrected chi connectivity index (χ4v) is 2.57. The topological polar surface area (TPSA) is 53.5 Å². The Morgan fingerprint density at radius 3 is 2.41 bits per heavy atom. The van der Waals surface area contributed by atoms with Gasteiger partial charge in [-0.25, -0.2) is 9.38 Å². The molecule has 0 heterocycles. The van der Waals surface area contributed by atoms with Gasteiger partial charge in [-0.1, -0.05) is 12.1 Å². The van der Waals surface area contributed by atoms with Gasteiger partial charge in [0.1, 0.15) is 5.82 Å². The van der Waals surface area contributed by atoms with Crippen molar-refractivity contribution in [3.05, 3.63) is 35.6 Å². The number of halogens is 1. The van der Waals surface area contributed by atoms with Crippen molar-refractivity contribution < 1.29 is 8.60 Å². The summed E-state index contributed by atoms with van der Waals surface area (Å²) in [4.78, 5) is 4.45. The summed E-state index contributed by atoms with van der Waals surface area (Å²) < 4.78 is 24.6. The summed E-state index contributed by atoms with van der Waals surface area (Å²) in [5.74, 6) is 1.00. The zero-order chi connectivity index (χ0) is 16.6. The number of rotatable bonds is 6. The number of aliphatic imine (C=N–C) groups is 1. The van der Waals surface area contributed by atoms with Crippen LogP contribution >= 0.6 is 0 Å². The van der Waals surface area contributed by atoms with Crippen LogP contribution < -0.4 is 10.6 Å². The zero-order valence-corrected chi connectivity index (χ0v) is 14.6. The second-order valence-corrected chi connectivity index (χ2v) is 8.23. The number of guanidine groups is 1. The summed E-state index contributed by atoms with van der Waals surface area (Å²) in [5.41, 5.74) is 0.942. The highest BCUT2D eigenvalue weighted by molar-refractivity contribution is 7.86. The quantitative estimate of drug-likeness (QED) is 0.623. The van der Waals surface area contributed by atoms with Crippen LogP contribution in [0.2, 0.25) is 0 Å². The predicted molar refractivity (Wildman–Crippen MR) is 92.0 cm³/mol. The van der Waals surface area contributed by atoms with E-state index in [1.165, 1.54) is 12.1 Å². The van der Waals surface area contributed by atoms with E-state index in [0.29, 0.717) is 24.8 Å². The average Bonchev–Trinajstić information content (AvgIpc) is 2.45. The monoisotopic (exact) mass is 327 g/mol. The Kier molecular flexibility index (Phi) is 7.51. The Morgan fingerprint density at radius 2 is 1.86 bits per heavy atom. The normalized spacial score (nSPS) is 13.8. The molecule has 22 heavy (non-hydrogen) atoms. The van der Waals surface area contributed by atoms with Crippen LogP contribution in [0.5, 0.6) is 0 Å². The van der Waals surface area contributed by atoms with E-state index >= 15 is 0 Å². The van der Waals surface area contributed by atoms with E-state index in [1.54, 1.807) is 12.1 Å². The molecule has 0 fully saturated rings. The molecule has 0 aromatic heterocycles. The lowest BCUT2D eigenvalue weighted by Gasteiger charge is -2.18. The second-order valence-electron chi connectivity index (χ2n) is 5.91. The largest absolute Gasteiger partial charge is 0.357 e. The summed E-state index contributed by atoms with van der Waals surface area (Å²) in [6.45, 7) is 9.71. The molecule has 0 aliphatic carbocycles. The summed E-state index contributed by atoms with van der Waals surface area (Å²) in [5, 5.41) is 6.32. The molecule has 0 amide bonds. The third-order valence-corrected chi connectivity index (χ3v) is 4.88. The smallest absolute Gasteiger partial charge is 0.191 e. The standard InChI is InChI=1S/C16H26FN3OS/c1-5-18-15(19-10-11-22(21)16(2,3)4)20-12-13-6-8-14(17)9-7-13/h6-9H,5,10-12H2,1-4H3,(H2,18,19,20). The molecule has 124 valence electrons. The predicted octanol–water partition coefficient (Wildman–Crippen LogP) is 2.43. The molecule has 1 aromatic carbocycles. The lowest BCUT2D eigenvalue weighted by atomic mass is 10.2. The SMILES string of the molecule is CCNC(=NCc1ccc(F)cc1)NCCS(=O)C(C)(C)C. The van der Waals surface area contributed by atoms with Gasteiger partial charge in [0.15, 0.2) is 5.96 Å². The number of nitrogens with zero attached hydrogens (tertiary/aromatic N) is 1. The van der Waals surface area contributed by atoms with Crippen LogP contribution in [-0.4, -0.2) is 33.8 Å². The molecule has 0 saturated heterocycles. The minimum Gasteiger partial charge on any atom is -0.357 e. The van der Waals surface area contributed by atoms with Crippen LogP contribution in [0, 0.1) is 5.82 Å². The maximum Gasteiger partial charge on any atom is 0.191 e. The summed E-state index contributed by atoms with van der Waals surface area (Å²) in [7, 11) is -0.887. The summed E-state index contributed by atoms with van der Waals surface area (Å²) in [6.07, 6.45) is 0. The Labute approximate surface area is 135 Å². The van der Waals surface area contributed by atoms with Gasteiger partial charge in [-0.2, -0.15) is 0 Å². The molecular formula is C16H26FN3OS. The van der Waals surface area contributed by atoms with Crippen molar-refractivity contribution in [3.8, 4) is 0 Å². The first-order valence-electron chi connectivity index (χ1n) is 7.48.